The summed E-state index contributed by atoms with van der Waals surface area (Å²) in [5.74, 6) is -3.16. The van der Waals surface area contributed by atoms with Crippen LogP contribution in [0.15, 0.2) is 0 Å². The number of hydrogen-bond acceptors (Lipinski definition) is 4. The van der Waals surface area contributed by atoms with E-state index in [1.54, 1.807) is 0 Å². The molecule has 0 aromatic rings. The third kappa shape index (κ3) is 8.95. The molecule has 0 rings (SSSR count). The third-order valence-electron chi connectivity index (χ3n) is 1.39. The van der Waals surface area contributed by atoms with Gasteiger partial charge in [-0.1, -0.05) is 0 Å². The van der Waals surface area contributed by atoms with Gasteiger partial charge in [-0.25, -0.2) is 0 Å². The Bertz CT molecular complexity index is 159. The first kappa shape index (κ1) is 15.3. The Morgan fingerprint density at radius 2 is 1.14 bits per heavy atom. The van der Waals surface area contributed by atoms with E-state index in [9.17, 15) is 9.59 Å². The second kappa shape index (κ2) is 8.46. The van der Waals surface area contributed by atoms with Crippen molar-refractivity contribution < 1.29 is 30.0 Å². The van der Waals surface area contributed by atoms with Crippen LogP contribution >= 0.6 is 0 Å². The van der Waals surface area contributed by atoms with Gasteiger partial charge in [-0.3, -0.25) is 9.59 Å². The molecule has 0 saturated heterocycles. The van der Waals surface area contributed by atoms with Crippen molar-refractivity contribution in [1.82, 2.24) is 0 Å². The van der Waals surface area contributed by atoms with Crippen LogP contribution in [0.3, 0.4) is 0 Å². The molecule has 0 radical (unpaired) electrons. The Labute approximate surface area is 81.8 Å². The monoisotopic (exact) mass is 208 g/mol. The Hall–Kier alpha value is -1.14. The van der Waals surface area contributed by atoms with Gasteiger partial charge in [0.2, 0.25) is 0 Å². The molecule has 0 aliphatic carbocycles. The fourth-order valence-corrected chi connectivity index (χ4v) is 0.156. The van der Waals surface area contributed by atoms with Crippen LogP contribution < -0.4 is 0 Å². The molecular weight excluding hydrogens is 192 g/mol. The number of rotatable bonds is 4. The first-order valence-electron chi connectivity index (χ1n) is 4.04. The SMILES string of the molecule is CC(CO)C(=O)O.C[C@@H](CO)C(=O)O. The minimum absolute atomic E-state index is 0.282. The number of aliphatic carboxylic acids is 2. The van der Waals surface area contributed by atoms with E-state index in [0.29, 0.717) is 0 Å². The van der Waals surface area contributed by atoms with E-state index >= 15 is 0 Å². The average Bonchev–Trinajstić information content (AvgIpc) is 2.15. The Morgan fingerprint density at radius 3 is 1.14 bits per heavy atom. The number of carboxylic acid groups (broad SMARTS) is 2. The van der Waals surface area contributed by atoms with Crippen LogP contribution in [0, 0.1) is 11.8 Å². The molecule has 0 heterocycles. The summed E-state index contributed by atoms with van der Waals surface area (Å²) >= 11 is 0. The summed E-state index contributed by atoms with van der Waals surface area (Å²) in [5.41, 5.74) is 0. The maximum atomic E-state index is 9.77. The second-order valence-electron chi connectivity index (χ2n) is 2.84. The highest BCUT2D eigenvalue weighted by Crippen LogP contribution is 1.89. The van der Waals surface area contributed by atoms with Crippen LogP contribution in [0.4, 0.5) is 0 Å². The summed E-state index contributed by atoms with van der Waals surface area (Å²) in [5, 5.41) is 32.3. The lowest BCUT2D eigenvalue weighted by molar-refractivity contribution is -0.143. The molecule has 2 atom stereocenters. The molecule has 6 heteroatoms. The number of aliphatic hydroxyl groups is 2. The lowest BCUT2D eigenvalue weighted by Crippen LogP contribution is -2.12. The minimum Gasteiger partial charge on any atom is -0.481 e. The smallest absolute Gasteiger partial charge is 0.308 e. The van der Waals surface area contributed by atoms with Crippen molar-refractivity contribution in [1.29, 1.82) is 0 Å². The molecule has 0 aromatic heterocycles. The third-order valence-corrected chi connectivity index (χ3v) is 1.39. The van der Waals surface area contributed by atoms with E-state index in [1.807, 2.05) is 0 Å². The van der Waals surface area contributed by atoms with Crippen LogP contribution in [-0.2, 0) is 9.59 Å². The summed E-state index contributed by atoms with van der Waals surface area (Å²) < 4.78 is 0. The summed E-state index contributed by atoms with van der Waals surface area (Å²) in [6.45, 7) is 2.33. The van der Waals surface area contributed by atoms with Crippen LogP contribution in [-0.4, -0.2) is 45.6 Å². The molecule has 84 valence electrons. The highest BCUT2D eigenvalue weighted by molar-refractivity contribution is 5.69. The van der Waals surface area contributed by atoms with Gasteiger partial charge in [0.05, 0.1) is 25.0 Å². The van der Waals surface area contributed by atoms with E-state index in [2.05, 4.69) is 0 Å². The van der Waals surface area contributed by atoms with Crippen LogP contribution in [0.2, 0.25) is 0 Å². The largest absolute Gasteiger partial charge is 0.481 e. The van der Waals surface area contributed by atoms with Gasteiger partial charge < -0.3 is 20.4 Å². The highest BCUT2D eigenvalue weighted by atomic mass is 16.4. The van der Waals surface area contributed by atoms with Gasteiger partial charge >= 0.3 is 11.9 Å². The molecule has 0 saturated carbocycles. The minimum atomic E-state index is -0.956. The van der Waals surface area contributed by atoms with E-state index in [4.69, 9.17) is 20.4 Å². The fourth-order valence-electron chi connectivity index (χ4n) is 0.156. The summed E-state index contributed by atoms with van der Waals surface area (Å²) in [7, 11) is 0. The van der Waals surface area contributed by atoms with Crippen LogP contribution in [0.1, 0.15) is 13.8 Å². The molecule has 4 N–H and O–H groups in total. The van der Waals surface area contributed by atoms with Crippen molar-refractivity contribution in [3.63, 3.8) is 0 Å². The van der Waals surface area contributed by atoms with E-state index in [0.717, 1.165) is 0 Å². The Kier molecular flexibility index (Phi) is 9.27. The molecule has 0 fully saturated rings. The lowest BCUT2D eigenvalue weighted by atomic mass is 10.2. The van der Waals surface area contributed by atoms with Gasteiger partial charge in [0, 0.05) is 0 Å². The van der Waals surface area contributed by atoms with E-state index < -0.39 is 23.8 Å². The van der Waals surface area contributed by atoms with Gasteiger partial charge in [-0.15, -0.1) is 0 Å². The molecule has 6 nitrogen and oxygen atoms in total. The van der Waals surface area contributed by atoms with Gasteiger partial charge in [-0.05, 0) is 13.8 Å². The zero-order valence-electron chi connectivity index (χ0n) is 8.17. The predicted octanol–water partition coefficient (Wildman–Crippen LogP) is -0.601. The van der Waals surface area contributed by atoms with Crippen molar-refractivity contribution >= 4 is 11.9 Å². The lowest BCUT2D eigenvalue weighted by Gasteiger charge is -1.95. The van der Waals surface area contributed by atoms with E-state index in [-0.39, 0.29) is 13.2 Å². The number of carboxylic acids is 2. The summed E-state index contributed by atoms with van der Waals surface area (Å²) in [6.07, 6.45) is 0. The number of hydrogen-bond donors (Lipinski definition) is 4. The topological polar surface area (TPSA) is 115 Å². The Balaban J connectivity index is 0. The molecular formula is C8H16O6. The van der Waals surface area contributed by atoms with Crippen molar-refractivity contribution in [2.24, 2.45) is 11.8 Å². The standard InChI is InChI=1S/2C4H8O3/c2*1-3(2-5)4(6)7/h2*3,5H,2H2,1H3,(H,6,7)/t3-;/m0./s1. The molecule has 0 spiro atoms. The zero-order chi connectivity index (χ0) is 11.7. The first-order valence-corrected chi connectivity index (χ1v) is 4.04. The summed E-state index contributed by atoms with van der Waals surface area (Å²) in [4.78, 5) is 19.5. The Morgan fingerprint density at radius 1 is 0.929 bits per heavy atom. The predicted molar refractivity (Wildman–Crippen MR) is 47.8 cm³/mol. The fraction of sp³-hybridized carbons (Fsp3) is 0.750. The molecule has 14 heavy (non-hydrogen) atoms. The quantitative estimate of drug-likeness (QED) is 0.490. The van der Waals surface area contributed by atoms with Gasteiger partial charge in [-0.2, -0.15) is 0 Å². The highest BCUT2D eigenvalue weighted by Gasteiger charge is 2.07. The molecule has 0 amide bonds. The van der Waals surface area contributed by atoms with E-state index in [1.165, 1.54) is 13.8 Å². The van der Waals surface area contributed by atoms with Gasteiger partial charge in [0.15, 0.2) is 0 Å². The molecule has 0 bridgehead atoms. The van der Waals surface area contributed by atoms with Crippen LogP contribution in [0.25, 0.3) is 0 Å². The second-order valence-corrected chi connectivity index (χ2v) is 2.84. The molecule has 0 aromatic carbocycles. The molecule has 0 aliphatic rings. The average molecular weight is 208 g/mol. The van der Waals surface area contributed by atoms with Crippen molar-refractivity contribution in [2.45, 2.75) is 13.8 Å². The van der Waals surface area contributed by atoms with Crippen molar-refractivity contribution in [3.8, 4) is 0 Å². The van der Waals surface area contributed by atoms with Gasteiger partial charge in [0.25, 0.3) is 0 Å². The van der Waals surface area contributed by atoms with Crippen molar-refractivity contribution in [3.05, 3.63) is 0 Å². The zero-order valence-corrected chi connectivity index (χ0v) is 8.17. The molecule has 1 unspecified atom stereocenters. The maximum absolute atomic E-state index is 9.77. The summed E-state index contributed by atoms with van der Waals surface area (Å²) in [6, 6.07) is 0. The maximum Gasteiger partial charge on any atom is 0.308 e. The van der Waals surface area contributed by atoms with Gasteiger partial charge in [0.1, 0.15) is 0 Å². The normalized spacial score (nSPS) is 13.4. The first-order chi connectivity index (χ1) is 6.36. The number of aliphatic hydroxyl groups excluding tert-OH is 2. The van der Waals surface area contributed by atoms with Crippen molar-refractivity contribution in [2.75, 3.05) is 13.2 Å². The van der Waals surface area contributed by atoms with Crippen LogP contribution in [0.5, 0.6) is 0 Å². The molecule has 0 aliphatic heterocycles. The number of carbonyl (C=O) groups is 2.